The van der Waals surface area contributed by atoms with E-state index in [4.69, 9.17) is 9.47 Å². The maximum atomic E-state index is 5.53. The van der Waals surface area contributed by atoms with Gasteiger partial charge in [-0.15, -0.1) is 0 Å². The molecule has 74 valence electrons. The number of ether oxygens (including phenoxy) is 2. The zero-order valence-corrected chi connectivity index (χ0v) is 8.41. The molecule has 1 aliphatic heterocycles. The van der Waals surface area contributed by atoms with E-state index in [0.29, 0.717) is 0 Å². The molecule has 0 N–H and O–H groups in total. The van der Waals surface area contributed by atoms with Gasteiger partial charge in [0, 0.05) is 31.9 Å². The van der Waals surface area contributed by atoms with E-state index < -0.39 is 0 Å². The third-order valence-electron chi connectivity index (χ3n) is 2.65. The number of methoxy groups -OCH3 is 2. The fraction of sp³-hybridized carbons (Fsp3) is 0.455. The summed E-state index contributed by atoms with van der Waals surface area (Å²) in [6.07, 6.45) is 6.57. The van der Waals surface area contributed by atoms with Gasteiger partial charge in [0.25, 0.3) is 0 Å². The molecule has 2 rings (SSSR count). The normalized spacial score (nSPS) is 29.3. The minimum Gasteiger partial charge on any atom is -0.489 e. The lowest BCUT2D eigenvalue weighted by molar-refractivity contribution is 0.0605. The predicted octanol–water partition coefficient (Wildman–Crippen LogP) is 1.47. The van der Waals surface area contributed by atoms with Crippen LogP contribution in [-0.4, -0.2) is 32.6 Å². The third kappa shape index (κ3) is 1.31. The Kier molecular flexibility index (Phi) is 2.28. The molecule has 1 heterocycles. The molecular weight excluding hydrogens is 178 g/mol. The Labute approximate surface area is 83.4 Å². The fourth-order valence-electron chi connectivity index (χ4n) is 1.73. The molecule has 0 saturated heterocycles. The minimum absolute atomic E-state index is 0.330. The number of nitrogens with zero attached hydrogens (tertiary/aromatic N) is 1. The van der Waals surface area contributed by atoms with Crippen LogP contribution in [-0.2, 0) is 9.47 Å². The summed E-state index contributed by atoms with van der Waals surface area (Å²) in [6, 6.07) is 0. The summed E-state index contributed by atoms with van der Waals surface area (Å²) < 4.78 is 10.6. The van der Waals surface area contributed by atoms with Gasteiger partial charge in [0.1, 0.15) is 5.60 Å². The van der Waals surface area contributed by atoms with Gasteiger partial charge in [-0.1, -0.05) is 5.73 Å². The number of hydrogen-bond acceptors (Lipinski definition) is 3. The number of aliphatic imine (C=N–C) groups is 1. The number of fused-ring (bicyclic) bond motifs is 1. The summed E-state index contributed by atoms with van der Waals surface area (Å²) in [5.41, 5.74) is 3.78. The van der Waals surface area contributed by atoms with Gasteiger partial charge in [-0.3, -0.25) is 4.99 Å². The lowest BCUT2D eigenvalue weighted by atomic mass is 9.86. The Balaban J connectivity index is 2.45. The number of rotatable bonds is 2. The van der Waals surface area contributed by atoms with Gasteiger partial charge < -0.3 is 9.47 Å². The molecule has 0 aromatic rings. The molecule has 1 aliphatic carbocycles. The molecule has 1 unspecified atom stereocenters. The van der Waals surface area contributed by atoms with E-state index in [1.54, 1.807) is 14.2 Å². The van der Waals surface area contributed by atoms with Crippen LogP contribution >= 0.6 is 0 Å². The average Bonchev–Trinajstić information content (AvgIpc) is 2.28. The first-order chi connectivity index (χ1) is 6.80. The van der Waals surface area contributed by atoms with Crippen LogP contribution in [0.3, 0.4) is 0 Å². The first kappa shape index (κ1) is 9.25. The van der Waals surface area contributed by atoms with Crippen LogP contribution in [0.15, 0.2) is 34.2 Å². The standard InChI is InChI=1S/C11H13NO2/c1-13-10-3-4-11(14-2)5-6-12-8-9(11)7-10/h4,7-8H,5-6H2,1-2H3. The smallest absolute Gasteiger partial charge is 0.162 e. The highest BCUT2D eigenvalue weighted by molar-refractivity contribution is 5.84. The van der Waals surface area contributed by atoms with E-state index in [1.165, 1.54) is 0 Å². The Morgan fingerprint density at radius 1 is 1.50 bits per heavy atom. The maximum absolute atomic E-state index is 5.53. The summed E-state index contributed by atoms with van der Waals surface area (Å²) in [5.74, 6) is 0.723. The Bertz CT molecular complexity index is 361. The second-order valence-electron chi connectivity index (χ2n) is 3.34. The molecule has 0 spiro atoms. The summed E-state index contributed by atoms with van der Waals surface area (Å²) in [4.78, 5) is 4.23. The van der Waals surface area contributed by atoms with E-state index in [0.717, 1.165) is 24.3 Å². The van der Waals surface area contributed by atoms with E-state index in [-0.39, 0.29) is 5.60 Å². The summed E-state index contributed by atoms with van der Waals surface area (Å²) in [6.45, 7) is 0.797. The van der Waals surface area contributed by atoms with Gasteiger partial charge >= 0.3 is 0 Å². The van der Waals surface area contributed by atoms with E-state index >= 15 is 0 Å². The zero-order chi connectivity index (χ0) is 10.0. The van der Waals surface area contributed by atoms with Crippen molar-refractivity contribution in [2.75, 3.05) is 20.8 Å². The Morgan fingerprint density at radius 2 is 2.36 bits per heavy atom. The lowest BCUT2D eigenvalue weighted by Crippen LogP contribution is -2.36. The van der Waals surface area contributed by atoms with Crippen molar-refractivity contribution in [1.82, 2.24) is 0 Å². The highest BCUT2D eigenvalue weighted by Crippen LogP contribution is 2.31. The molecule has 3 nitrogen and oxygen atoms in total. The molecule has 0 saturated carbocycles. The summed E-state index contributed by atoms with van der Waals surface area (Å²) >= 11 is 0. The quantitative estimate of drug-likeness (QED) is 0.619. The van der Waals surface area contributed by atoms with Crippen molar-refractivity contribution in [2.24, 2.45) is 4.99 Å². The SMILES string of the molecule is COC1=C=CC2(OC)CCN=CC2=C1. The highest BCUT2D eigenvalue weighted by Gasteiger charge is 2.34. The predicted molar refractivity (Wildman–Crippen MR) is 54.4 cm³/mol. The molecule has 0 fully saturated rings. The van der Waals surface area contributed by atoms with Crippen LogP contribution in [0, 0.1) is 0 Å². The van der Waals surface area contributed by atoms with Crippen LogP contribution in [0.2, 0.25) is 0 Å². The van der Waals surface area contributed by atoms with Gasteiger partial charge in [0.2, 0.25) is 0 Å². The largest absolute Gasteiger partial charge is 0.489 e. The molecule has 0 aromatic carbocycles. The van der Waals surface area contributed by atoms with Gasteiger partial charge in [0.15, 0.2) is 5.76 Å². The first-order valence-electron chi connectivity index (χ1n) is 4.60. The Hall–Kier alpha value is -1.31. The topological polar surface area (TPSA) is 30.8 Å². The van der Waals surface area contributed by atoms with Gasteiger partial charge in [-0.25, -0.2) is 0 Å². The van der Waals surface area contributed by atoms with Crippen molar-refractivity contribution in [3.63, 3.8) is 0 Å². The molecule has 0 bridgehead atoms. The second-order valence-corrected chi connectivity index (χ2v) is 3.34. The van der Waals surface area contributed by atoms with Crippen LogP contribution < -0.4 is 0 Å². The zero-order valence-electron chi connectivity index (χ0n) is 8.41. The van der Waals surface area contributed by atoms with Crippen molar-refractivity contribution >= 4 is 6.21 Å². The molecule has 2 aliphatic rings. The van der Waals surface area contributed by atoms with Crippen molar-refractivity contribution < 1.29 is 9.47 Å². The van der Waals surface area contributed by atoms with Crippen LogP contribution in [0.1, 0.15) is 6.42 Å². The van der Waals surface area contributed by atoms with Gasteiger partial charge in [-0.05, 0) is 12.2 Å². The van der Waals surface area contributed by atoms with E-state index in [1.807, 2.05) is 18.4 Å². The van der Waals surface area contributed by atoms with E-state index in [2.05, 4.69) is 10.7 Å². The fourth-order valence-corrected chi connectivity index (χ4v) is 1.73. The molecular formula is C11H13NO2. The van der Waals surface area contributed by atoms with Crippen molar-refractivity contribution in [3.8, 4) is 0 Å². The lowest BCUT2D eigenvalue weighted by Gasteiger charge is -2.33. The van der Waals surface area contributed by atoms with Crippen molar-refractivity contribution in [3.05, 3.63) is 29.2 Å². The van der Waals surface area contributed by atoms with Crippen molar-refractivity contribution in [2.45, 2.75) is 12.0 Å². The average molecular weight is 191 g/mol. The van der Waals surface area contributed by atoms with Gasteiger partial charge in [-0.2, -0.15) is 0 Å². The molecule has 14 heavy (non-hydrogen) atoms. The molecule has 0 amide bonds. The second kappa shape index (κ2) is 3.45. The molecule has 3 heteroatoms. The van der Waals surface area contributed by atoms with Crippen LogP contribution in [0.5, 0.6) is 0 Å². The van der Waals surface area contributed by atoms with Crippen molar-refractivity contribution in [1.29, 1.82) is 0 Å². The molecule has 0 aromatic heterocycles. The highest BCUT2D eigenvalue weighted by atomic mass is 16.5. The van der Waals surface area contributed by atoms with E-state index in [9.17, 15) is 0 Å². The first-order valence-corrected chi connectivity index (χ1v) is 4.60. The third-order valence-corrected chi connectivity index (χ3v) is 2.65. The summed E-state index contributed by atoms with van der Waals surface area (Å²) in [7, 11) is 3.34. The van der Waals surface area contributed by atoms with Gasteiger partial charge in [0.05, 0.1) is 7.11 Å². The maximum Gasteiger partial charge on any atom is 0.162 e. The molecule has 0 radical (unpaired) electrons. The monoisotopic (exact) mass is 191 g/mol. The Morgan fingerprint density at radius 3 is 3.07 bits per heavy atom. The van der Waals surface area contributed by atoms with Crippen LogP contribution in [0.25, 0.3) is 0 Å². The minimum atomic E-state index is -0.330. The summed E-state index contributed by atoms with van der Waals surface area (Å²) in [5, 5.41) is 0. The molecule has 1 atom stereocenters. The van der Waals surface area contributed by atoms with Crippen LogP contribution in [0.4, 0.5) is 0 Å². The number of hydrogen-bond donors (Lipinski definition) is 0.